The molecule has 0 atom stereocenters. The number of carbonyl (C=O) groups is 2. The van der Waals surface area contributed by atoms with Crippen molar-refractivity contribution < 1.29 is 14.3 Å². The van der Waals surface area contributed by atoms with E-state index in [1.165, 1.54) is 16.9 Å². The van der Waals surface area contributed by atoms with E-state index in [2.05, 4.69) is 37.9 Å². The number of hydrogen-bond donors (Lipinski definition) is 0. The van der Waals surface area contributed by atoms with Gasteiger partial charge in [0, 0.05) is 16.6 Å². The first-order chi connectivity index (χ1) is 12.9. The summed E-state index contributed by atoms with van der Waals surface area (Å²) in [7, 11) is 0. The summed E-state index contributed by atoms with van der Waals surface area (Å²) in [5.41, 5.74) is 3.45. The molecular formula is C21H24N2O3S. The van der Waals surface area contributed by atoms with E-state index in [0.29, 0.717) is 23.0 Å². The van der Waals surface area contributed by atoms with Gasteiger partial charge in [-0.3, -0.25) is 14.0 Å². The molecule has 0 aliphatic rings. The van der Waals surface area contributed by atoms with E-state index in [4.69, 9.17) is 4.74 Å². The van der Waals surface area contributed by atoms with Gasteiger partial charge in [-0.25, -0.2) is 4.98 Å². The van der Waals surface area contributed by atoms with Crippen molar-refractivity contribution in [2.75, 3.05) is 6.61 Å². The molecule has 0 saturated heterocycles. The van der Waals surface area contributed by atoms with Crippen LogP contribution in [0.15, 0.2) is 30.5 Å². The maximum absolute atomic E-state index is 11.7. The number of rotatable bonds is 7. The number of aldehydes is 1. The summed E-state index contributed by atoms with van der Waals surface area (Å²) < 4.78 is 6.74. The molecule has 142 valence electrons. The fourth-order valence-corrected chi connectivity index (χ4v) is 3.92. The van der Waals surface area contributed by atoms with Crippen LogP contribution in [0.25, 0.3) is 16.2 Å². The Morgan fingerprint density at radius 1 is 1.26 bits per heavy atom. The monoisotopic (exact) mass is 384 g/mol. The second-order valence-corrected chi connectivity index (χ2v) is 8.20. The number of ether oxygens (including phenoxy) is 1. The molecule has 0 N–H and O–H groups in total. The third-order valence-electron chi connectivity index (χ3n) is 4.97. The minimum Gasteiger partial charge on any atom is -0.466 e. The van der Waals surface area contributed by atoms with Crippen LogP contribution in [-0.4, -0.2) is 28.2 Å². The predicted molar refractivity (Wildman–Crippen MR) is 108 cm³/mol. The molecule has 0 aliphatic heterocycles. The summed E-state index contributed by atoms with van der Waals surface area (Å²) in [5, 5.41) is 0. The van der Waals surface area contributed by atoms with Crippen LogP contribution in [0.5, 0.6) is 0 Å². The van der Waals surface area contributed by atoms with E-state index < -0.39 is 0 Å². The van der Waals surface area contributed by atoms with Gasteiger partial charge in [0.2, 0.25) is 0 Å². The Morgan fingerprint density at radius 3 is 2.56 bits per heavy atom. The fraction of sp³-hybridized carbons (Fsp3) is 0.381. The molecule has 0 unspecified atom stereocenters. The SMILES string of the molecule is CCOC(=O)Cc1cn2c(C=O)c(-c3ccc(C(C)(C)CC)cc3)nc2s1. The molecule has 0 fully saturated rings. The highest BCUT2D eigenvalue weighted by Crippen LogP contribution is 2.31. The number of thiazole rings is 1. The third kappa shape index (κ3) is 3.81. The van der Waals surface area contributed by atoms with Gasteiger partial charge in [-0.05, 0) is 24.3 Å². The predicted octanol–water partition coefficient (Wildman–Crippen LogP) is 4.67. The van der Waals surface area contributed by atoms with Crippen LogP contribution in [0.2, 0.25) is 0 Å². The Balaban J connectivity index is 1.94. The molecule has 0 amide bonds. The molecule has 0 aliphatic carbocycles. The van der Waals surface area contributed by atoms with Crippen molar-refractivity contribution in [3.05, 3.63) is 46.6 Å². The molecule has 0 radical (unpaired) electrons. The summed E-state index contributed by atoms with van der Waals surface area (Å²) >= 11 is 1.40. The normalized spacial score (nSPS) is 11.7. The van der Waals surface area contributed by atoms with Gasteiger partial charge in [0.25, 0.3) is 0 Å². The van der Waals surface area contributed by atoms with Crippen molar-refractivity contribution in [1.82, 2.24) is 9.38 Å². The van der Waals surface area contributed by atoms with E-state index in [-0.39, 0.29) is 17.8 Å². The van der Waals surface area contributed by atoms with Gasteiger partial charge in [-0.1, -0.05) is 45.0 Å². The highest BCUT2D eigenvalue weighted by Gasteiger charge is 2.20. The number of imidazole rings is 1. The van der Waals surface area contributed by atoms with E-state index in [0.717, 1.165) is 23.1 Å². The van der Waals surface area contributed by atoms with Crippen LogP contribution < -0.4 is 0 Å². The molecular weight excluding hydrogens is 360 g/mol. The third-order valence-corrected chi connectivity index (χ3v) is 5.95. The van der Waals surface area contributed by atoms with Gasteiger partial charge < -0.3 is 4.74 Å². The molecule has 5 nitrogen and oxygen atoms in total. The Kier molecular flexibility index (Phi) is 5.46. The van der Waals surface area contributed by atoms with Crippen LogP contribution in [0.4, 0.5) is 0 Å². The van der Waals surface area contributed by atoms with Crippen molar-refractivity contribution >= 4 is 28.6 Å². The summed E-state index contributed by atoms with van der Waals surface area (Å²) in [6.07, 6.45) is 3.86. The van der Waals surface area contributed by atoms with E-state index in [1.807, 2.05) is 12.1 Å². The molecule has 2 aromatic heterocycles. The second-order valence-electron chi connectivity index (χ2n) is 7.11. The molecule has 3 rings (SSSR count). The smallest absolute Gasteiger partial charge is 0.311 e. The van der Waals surface area contributed by atoms with Gasteiger partial charge in [-0.15, -0.1) is 11.3 Å². The minimum atomic E-state index is -0.274. The van der Waals surface area contributed by atoms with Crippen molar-refractivity contribution in [1.29, 1.82) is 0 Å². The van der Waals surface area contributed by atoms with Crippen molar-refractivity contribution in [3.63, 3.8) is 0 Å². The summed E-state index contributed by atoms with van der Waals surface area (Å²) in [6, 6.07) is 8.25. The van der Waals surface area contributed by atoms with Gasteiger partial charge in [0.15, 0.2) is 11.2 Å². The Hall–Kier alpha value is -2.47. The maximum atomic E-state index is 11.7. The Bertz CT molecular complexity index is 967. The molecule has 2 heterocycles. The average molecular weight is 385 g/mol. The average Bonchev–Trinajstić information content (AvgIpc) is 3.18. The summed E-state index contributed by atoms with van der Waals surface area (Å²) in [5.74, 6) is -0.274. The van der Waals surface area contributed by atoms with E-state index in [9.17, 15) is 9.59 Å². The second kappa shape index (κ2) is 7.64. The zero-order valence-corrected chi connectivity index (χ0v) is 16.9. The fourth-order valence-electron chi connectivity index (χ4n) is 2.95. The maximum Gasteiger partial charge on any atom is 0.311 e. The number of fused-ring (bicyclic) bond motifs is 1. The molecule has 0 spiro atoms. The van der Waals surface area contributed by atoms with Crippen molar-refractivity contribution in [2.24, 2.45) is 0 Å². The molecule has 27 heavy (non-hydrogen) atoms. The van der Waals surface area contributed by atoms with E-state index in [1.54, 1.807) is 17.5 Å². The van der Waals surface area contributed by atoms with Crippen LogP contribution >= 0.6 is 11.3 Å². The number of hydrogen-bond acceptors (Lipinski definition) is 5. The lowest BCUT2D eigenvalue weighted by molar-refractivity contribution is -0.142. The lowest BCUT2D eigenvalue weighted by atomic mass is 9.82. The number of aromatic nitrogens is 2. The molecule has 0 saturated carbocycles. The van der Waals surface area contributed by atoms with Crippen molar-refractivity contribution in [2.45, 2.75) is 46.0 Å². The largest absolute Gasteiger partial charge is 0.466 e. The van der Waals surface area contributed by atoms with Crippen LogP contribution in [0.1, 0.15) is 55.0 Å². The number of benzene rings is 1. The minimum absolute atomic E-state index is 0.114. The first-order valence-corrected chi connectivity index (χ1v) is 9.93. The van der Waals surface area contributed by atoms with Crippen LogP contribution in [-0.2, 0) is 21.4 Å². The highest BCUT2D eigenvalue weighted by atomic mass is 32.1. The summed E-state index contributed by atoms with van der Waals surface area (Å²) in [4.78, 5) is 29.6. The molecule has 1 aromatic carbocycles. The lowest BCUT2D eigenvalue weighted by Crippen LogP contribution is -2.14. The van der Waals surface area contributed by atoms with Gasteiger partial charge in [0.05, 0.1) is 13.0 Å². The topological polar surface area (TPSA) is 60.7 Å². The van der Waals surface area contributed by atoms with E-state index >= 15 is 0 Å². The molecule has 6 heteroatoms. The summed E-state index contributed by atoms with van der Waals surface area (Å²) in [6.45, 7) is 8.75. The Morgan fingerprint density at radius 2 is 1.96 bits per heavy atom. The number of esters is 1. The van der Waals surface area contributed by atoms with Gasteiger partial charge in [0.1, 0.15) is 11.4 Å². The lowest BCUT2D eigenvalue weighted by Gasteiger charge is -2.23. The zero-order chi connectivity index (χ0) is 19.6. The Labute approximate surface area is 163 Å². The van der Waals surface area contributed by atoms with Crippen LogP contribution in [0, 0.1) is 0 Å². The van der Waals surface area contributed by atoms with Crippen molar-refractivity contribution in [3.8, 4) is 11.3 Å². The standard InChI is InChI=1S/C21H24N2O3S/c1-5-21(3,4)15-9-7-14(8-10-15)19-17(13-24)23-12-16(27-20(23)22-19)11-18(25)26-6-2/h7-10,12-13H,5-6,11H2,1-4H3. The quantitative estimate of drug-likeness (QED) is 0.439. The number of carbonyl (C=O) groups excluding carboxylic acids is 2. The molecule has 0 bridgehead atoms. The zero-order valence-electron chi connectivity index (χ0n) is 16.1. The first kappa shape index (κ1) is 19.3. The highest BCUT2D eigenvalue weighted by molar-refractivity contribution is 7.17. The first-order valence-electron chi connectivity index (χ1n) is 9.12. The van der Waals surface area contributed by atoms with Crippen LogP contribution in [0.3, 0.4) is 0 Å². The number of nitrogens with zero attached hydrogens (tertiary/aromatic N) is 2. The molecule has 3 aromatic rings. The van der Waals surface area contributed by atoms with Gasteiger partial charge in [-0.2, -0.15) is 0 Å². The van der Waals surface area contributed by atoms with Gasteiger partial charge >= 0.3 is 5.97 Å².